The first-order valence-electron chi connectivity index (χ1n) is 8.47. The smallest absolute Gasteiger partial charge is 0.246 e. The van der Waals surface area contributed by atoms with Gasteiger partial charge in [0, 0.05) is 18.5 Å². The summed E-state index contributed by atoms with van der Waals surface area (Å²) in [5.74, 6) is 0.0116. The monoisotopic (exact) mass is 355 g/mol. The molecule has 1 amide bonds. The summed E-state index contributed by atoms with van der Waals surface area (Å²) in [5.41, 5.74) is 0.698. The van der Waals surface area contributed by atoms with Gasteiger partial charge in [-0.25, -0.2) is 8.42 Å². The van der Waals surface area contributed by atoms with Crippen LogP contribution >= 0.6 is 0 Å². The van der Waals surface area contributed by atoms with Crippen molar-refractivity contribution in [1.29, 1.82) is 0 Å². The van der Waals surface area contributed by atoms with Crippen molar-refractivity contribution in [3.05, 3.63) is 11.8 Å². The zero-order chi connectivity index (χ0) is 18.3. The van der Waals surface area contributed by atoms with Crippen LogP contribution in [0.5, 0.6) is 0 Å². The van der Waals surface area contributed by atoms with Gasteiger partial charge in [-0.1, -0.05) is 33.6 Å². The van der Waals surface area contributed by atoms with Crippen molar-refractivity contribution >= 4 is 21.6 Å². The zero-order valence-electron chi connectivity index (χ0n) is 15.5. The molecular weight excluding hydrogens is 326 g/mol. The number of aryl methyl sites for hydroxylation is 1. The topological polar surface area (TPSA) is 81.1 Å². The molecule has 2 rings (SSSR count). The Morgan fingerprint density at radius 2 is 1.75 bits per heavy atom. The molecule has 1 heterocycles. The first kappa shape index (κ1) is 19.0. The molecule has 0 radical (unpaired) electrons. The summed E-state index contributed by atoms with van der Waals surface area (Å²) in [6.45, 7) is 9.11. The number of amides is 1. The van der Waals surface area contributed by atoms with Crippen molar-refractivity contribution in [2.45, 2.75) is 75.7 Å². The van der Waals surface area contributed by atoms with E-state index >= 15 is 0 Å². The summed E-state index contributed by atoms with van der Waals surface area (Å²) in [6, 6.07) is 1.80. The van der Waals surface area contributed by atoms with Gasteiger partial charge >= 0.3 is 0 Å². The Hall–Kier alpha value is -1.37. The number of hydrogen-bond donors (Lipinski definition) is 1. The van der Waals surface area contributed by atoms with Crippen molar-refractivity contribution in [3.63, 3.8) is 0 Å². The third-order valence-electron chi connectivity index (χ3n) is 4.89. The second-order valence-electron chi connectivity index (χ2n) is 8.20. The Kier molecular flexibility index (Phi) is 4.87. The van der Waals surface area contributed by atoms with Gasteiger partial charge in [-0.3, -0.25) is 9.48 Å². The summed E-state index contributed by atoms with van der Waals surface area (Å²) in [4.78, 5) is 12.7. The van der Waals surface area contributed by atoms with Crippen LogP contribution in [0.3, 0.4) is 0 Å². The number of carbonyl (C=O) groups is 1. The van der Waals surface area contributed by atoms with Crippen LogP contribution in [0, 0.1) is 0 Å². The van der Waals surface area contributed by atoms with E-state index in [9.17, 15) is 13.2 Å². The fraction of sp³-hybridized carbons (Fsp3) is 0.765. The highest BCUT2D eigenvalue weighted by Gasteiger charge is 2.47. The first-order chi connectivity index (χ1) is 10.9. The molecule has 1 saturated carbocycles. The Morgan fingerprint density at radius 3 is 2.21 bits per heavy atom. The van der Waals surface area contributed by atoms with Gasteiger partial charge in [0.15, 0.2) is 9.84 Å². The maximum Gasteiger partial charge on any atom is 0.246 e. The van der Waals surface area contributed by atoms with Crippen molar-refractivity contribution in [2.24, 2.45) is 7.05 Å². The molecule has 0 aliphatic heterocycles. The fourth-order valence-corrected chi connectivity index (χ4v) is 5.06. The number of nitrogens with one attached hydrogen (secondary N) is 1. The maximum atomic E-state index is 12.9. The SMILES string of the molecule is Cn1nc(C(C)(C)C)cc1NC(=O)C(C)(C)S(=O)(=O)C1CCCC1. The molecule has 0 atom stereocenters. The summed E-state index contributed by atoms with van der Waals surface area (Å²) < 4.78 is 25.8. The van der Waals surface area contributed by atoms with Gasteiger partial charge in [0.1, 0.15) is 10.6 Å². The van der Waals surface area contributed by atoms with Crippen molar-refractivity contribution < 1.29 is 13.2 Å². The van der Waals surface area contributed by atoms with Crippen LogP contribution in [0.1, 0.15) is 66.0 Å². The summed E-state index contributed by atoms with van der Waals surface area (Å²) >= 11 is 0. The molecule has 0 aromatic carbocycles. The third-order valence-corrected chi connectivity index (χ3v) is 7.85. The normalized spacial score (nSPS) is 17.2. The number of aromatic nitrogens is 2. The quantitative estimate of drug-likeness (QED) is 0.900. The molecule has 1 aromatic heterocycles. The van der Waals surface area contributed by atoms with Gasteiger partial charge in [0.2, 0.25) is 5.91 Å². The average Bonchev–Trinajstić information content (AvgIpc) is 3.08. The van der Waals surface area contributed by atoms with Crippen LogP contribution in [0.15, 0.2) is 6.07 Å². The second-order valence-corrected chi connectivity index (χ2v) is 11.0. The maximum absolute atomic E-state index is 12.9. The molecule has 0 saturated heterocycles. The summed E-state index contributed by atoms with van der Waals surface area (Å²) in [6.07, 6.45) is 3.13. The summed E-state index contributed by atoms with van der Waals surface area (Å²) in [7, 11) is -1.79. The number of anilines is 1. The first-order valence-corrected chi connectivity index (χ1v) is 10.0. The zero-order valence-corrected chi connectivity index (χ0v) is 16.3. The molecular formula is C17H29N3O3S. The highest BCUT2D eigenvalue weighted by molar-refractivity contribution is 7.94. The summed E-state index contributed by atoms with van der Waals surface area (Å²) in [5, 5.41) is 6.76. The van der Waals surface area contributed by atoms with Crippen molar-refractivity contribution in [1.82, 2.24) is 9.78 Å². The predicted octanol–water partition coefficient (Wildman–Crippen LogP) is 2.79. The number of carbonyl (C=O) groups excluding carboxylic acids is 1. The molecule has 1 fully saturated rings. The van der Waals surface area contributed by atoms with Crippen LogP contribution in [0.4, 0.5) is 5.82 Å². The minimum Gasteiger partial charge on any atom is -0.310 e. The number of nitrogens with zero attached hydrogens (tertiary/aromatic N) is 2. The van der Waals surface area contributed by atoms with Gasteiger partial charge in [-0.2, -0.15) is 5.10 Å². The molecule has 24 heavy (non-hydrogen) atoms. The van der Waals surface area contributed by atoms with Crippen LogP contribution in [0.25, 0.3) is 0 Å². The highest BCUT2D eigenvalue weighted by atomic mass is 32.2. The Balaban J connectivity index is 2.24. The van der Waals surface area contributed by atoms with Crippen molar-refractivity contribution in [3.8, 4) is 0 Å². The Morgan fingerprint density at radius 1 is 1.21 bits per heavy atom. The second kappa shape index (κ2) is 6.17. The van der Waals surface area contributed by atoms with E-state index in [0.717, 1.165) is 18.5 Å². The highest BCUT2D eigenvalue weighted by Crippen LogP contribution is 2.33. The molecule has 0 unspecified atom stereocenters. The lowest BCUT2D eigenvalue weighted by Gasteiger charge is -2.27. The minimum absolute atomic E-state index is 0.147. The number of sulfone groups is 1. The Labute approximate surface area is 144 Å². The van der Waals surface area contributed by atoms with E-state index in [4.69, 9.17) is 0 Å². The van der Waals surface area contributed by atoms with Crippen LogP contribution in [0.2, 0.25) is 0 Å². The lowest BCUT2D eigenvalue weighted by Crippen LogP contribution is -2.48. The van der Waals surface area contributed by atoms with Crippen LogP contribution in [-0.2, 0) is 27.1 Å². The molecule has 1 aliphatic rings. The van der Waals surface area contributed by atoms with Gasteiger partial charge in [0.25, 0.3) is 0 Å². The van der Waals surface area contributed by atoms with Gasteiger partial charge in [0.05, 0.1) is 10.9 Å². The van der Waals surface area contributed by atoms with E-state index in [-0.39, 0.29) is 5.41 Å². The minimum atomic E-state index is -3.53. The van der Waals surface area contributed by atoms with E-state index < -0.39 is 25.7 Å². The number of hydrogen-bond acceptors (Lipinski definition) is 4. The molecule has 7 heteroatoms. The van der Waals surface area contributed by atoms with E-state index in [1.54, 1.807) is 17.8 Å². The lowest BCUT2D eigenvalue weighted by atomic mass is 9.92. The Bertz CT molecular complexity index is 721. The van der Waals surface area contributed by atoms with E-state index in [2.05, 4.69) is 10.4 Å². The lowest BCUT2D eigenvalue weighted by molar-refractivity contribution is -0.117. The standard InChI is InChI=1S/C17H29N3O3S/c1-16(2,3)13-11-14(20(6)19-13)18-15(21)17(4,5)24(22,23)12-9-7-8-10-12/h11-12H,7-10H2,1-6H3,(H,18,21). The van der Waals surface area contributed by atoms with Gasteiger partial charge < -0.3 is 5.32 Å². The van der Waals surface area contributed by atoms with Gasteiger partial charge in [-0.05, 0) is 26.7 Å². The molecule has 1 aliphatic carbocycles. The van der Waals surface area contributed by atoms with E-state index in [0.29, 0.717) is 18.7 Å². The van der Waals surface area contributed by atoms with Crippen LogP contribution < -0.4 is 5.32 Å². The third kappa shape index (κ3) is 3.36. The van der Waals surface area contributed by atoms with E-state index in [1.165, 1.54) is 13.8 Å². The predicted molar refractivity (Wildman–Crippen MR) is 95.8 cm³/mol. The van der Waals surface area contributed by atoms with E-state index in [1.807, 2.05) is 20.8 Å². The molecule has 136 valence electrons. The largest absolute Gasteiger partial charge is 0.310 e. The molecule has 1 aromatic rings. The molecule has 6 nitrogen and oxygen atoms in total. The molecule has 0 spiro atoms. The van der Waals surface area contributed by atoms with Gasteiger partial charge in [-0.15, -0.1) is 0 Å². The van der Waals surface area contributed by atoms with Crippen LogP contribution in [-0.4, -0.2) is 34.1 Å². The fourth-order valence-electron chi connectivity index (χ4n) is 2.96. The molecule has 1 N–H and O–H groups in total. The number of rotatable bonds is 4. The molecule has 0 bridgehead atoms. The van der Waals surface area contributed by atoms with Crippen molar-refractivity contribution in [2.75, 3.05) is 5.32 Å². The average molecular weight is 356 g/mol.